The number of halogens is 1. The summed E-state index contributed by atoms with van der Waals surface area (Å²) in [6.45, 7) is 0. The Balaban J connectivity index is 1.73. The van der Waals surface area contributed by atoms with Gasteiger partial charge in [0.1, 0.15) is 0 Å². The molecule has 0 unspecified atom stereocenters. The van der Waals surface area contributed by atoms with Gasteiger partial charge in [-0.25, -0.2) is 0 Å². The molecule has 0 bridgehead atoms. The maximum absolute atomic E-state index is 5.67. The van der Waals surface area contributed by atoms with Crippen molar-refractivity contribution in [3.63, 3.8) is 0 Å². The topological polar surface area (TPSA) is 26.0 Å². The van der Waals surface area contributed by atoms with Gasteiger partial charge in [0.05, 0.1) is 0 Å². The molecule has 0 spiro atoms. The van der Waals surface area contributed by atoms with Crippen LogP contribution < -0.4 is 5.73 Å². The summed E-state index contributed by atoms with van der Waals surface area (Å²) >= 11 is 3.45. The van der Waals surface area contributed by atoms with E-state index in [0.717, 1.165) is 23.0 Å². The first-order chi connectivity index (χ1) is 8.74. The third-order valence-corrected chi connectivity index (χ3v) is 3.60. The lowest BCUT2D eigenvalue weighted by molar-refractivity contribution is 0.734. The van der Waals surface area contributed by atoms with E-state index in [1.807, 2.05) is 12.1 Å². The van der Waals surface area contributed by atoms with Gasteiger partial charge in [-0.15, -0.1) is 0 Å². The molecular weight excluding hydrogens is 286 g/mol. The van der Waals surface area contributed by atoms with Crippen molar-refractivity contribution in [2.24, 2.45) is 0 Å². The van der Waals surface area contributed by atoms with E-state index in [-0.39, 0.29) is 0 Å². The Morgan fingerprint density at radius 3 is 1.67 bits per heavy atom. The summed E-state index contributed by atoms with van der Waals surface area (Å²) in [5.74, 6) is 0. The Kier molecular flexibility index (Phi) is 4.82. The summed E-state index contributed by atoms with van der Waals surface area (Å²) < 4.78 is 1.15. The Morgan fingerprint density at radius 1 is 0.722 bits per heavy atom. The molecule has 2 N–H and O–H groups in total. The molecule has 0 aromatic heterocycles. The fourth-order valence-electron chi connectivity index (χ4n) is 1.99. The summed E-state index contributed by atoms with van der Waals surface area (Å²) in [4.78, 5) is 0. The van der Waals surface area contributed by atoms with E-state index in [1.54, 1.807) is 0 Å². The number of benzene rings is 2. The molecule has 94 valence electrons. The first kappa shape index (κ1) is 13.2. The average molecular weight is 304 g/mol. The van der Waals surface area contributed by atoms with Crippen molar-refractivity contribution in [3.8, 4) is 0 Å². The highest BCUT2D eigenvalue weighted by atomic mass is 79.9. The van der Waals surface area contributed by atoms with Gasteiger partial charge in [-0.1, -0.05) is 40.2 Å². The molecule has 0 atom stereocenters. The van der Waals surface area contributed by atoms with Gasteiger partial charge in [0.25, 0.3) is 0 Å². The Morgan fingerprint density at radius 2 is 1.17 bits per heavy atom. The highest BCUT2D eigenvalue weighted by molar-refractivity contribution is 9.10. The Hall–Kier alpha value is -1.28. The molecular formula is C16H18BrN. The van der Waals surface area contributed by atoms with E-state index in [2.05, 4.69) is 52.3 Å². The van der Waals surface area contributed by atoms with Crippen LogP contribution in [-0.2, 0) is 12.8 Å². The maximum Gasteiger partial charge on any atom is 0.0314 e. The fraction of sp³-hybridized carbons (Fsp3) is 0.250. The first-order valence-corrected chi connectivity index (χ1v) is 7.12. The second kappa shape index (κ2) is 6.60. The largest absolute Gasteiger partial charge is 0.399 e. The van der Waals surface area contributed by atoms with Crippen LogP contribution in [0.2, 0.25) is 0 Å². The number of nitrogen functional groups attached to an aromatic ring is 1. The van der Waals surface area contributed by atoms with Crippen LogP contribution in [0.4, 0.5) is 5.69 Å². The summed E-state index contributed by atoms with van der Waals surface area (Å²) in [6.07, 6.45) is 4.74. The van der Waals surface area contributed by atoms with Gasteiger partial charge < -0.3 is 5.73 Å². The SMILES string of the molecule is Nc1ccc(CCCCc2ccc(Br)cc2)cc1. The zero-order valence-electron chi connectivity index (χ0n) is 10.4. The molecule has 0 fully saturated rings. The van der Waals surface area contributed by atoms with Crippen molar-refractivity contribution in [1.82, 2.24) is 0 Å². The molecule has 2 rings (SSSR count). The van der Waals surface area contributed by atoms with Crippen LogP contribution in [0.25, 0.3) is 0 Å². The van der Waals surface area contributed by atoms with Gasteiger partial charge in [-0.2, -0.15) is 0 Å². The highest BCUT2D eigenvalue weighted by Gasteiger charge is 1.96. The summed E-state index contributed by atoms with van der Waals surface area (Å²) in [7, 11) is 0. The second-order valence-electron chi connectivity index (χ2n) is 4.58. The normalized spacial score (nSPS) is 10.5. The van der Waals surface area contributed by atoms with Crippen LogP contribution in [0.15, 0.2) is 53.0 Å². The monoisotopic (exact) mass is 303 g/mol. The second-order valence-corrected chi connectivity index (χ2v) is 5.49. The van der Waals surface area contributed by atoms with Crippen molar-refractivity contribution >= 4 is 21.6 Å². The molecule has 0 aliphatic carbocycles. The Labute approximate surface area is 117 Å². The van der Waals surface area contributed by atoms with Crippen LogP contribution in [-0.4, -0.2) is 0 Å². The standard InChI is InChI=1S/C16H18BrN/c17-15-9-5-13(6-10-15)3-1-2-4-14-7-11-16(18)12-8-14/h5-12H,1-4,18H2. The van der Waals surface area contributed by atoms with Gasteiger partial charge >= 0.3 is 0 Å². The van der Waals surface area contributed by atoms with E-state index in [4.69, 9.17) is 5.73 Å². The van der Waals surface area contributed by atoms with E-state index < -0.39 is 0 Å². The smallest absolute Gasteiger partial charge is 0.0314 e. The minimum atomic E-state index is 0.841. The third-order valence-electron chi connectivity index (χ3n) is 3.07. The van der Waals surface area contributed by atoms with Crippen molar-refractivity contribution in [1.29, 1.82) is 0 Å². The van der Waals surface area contributed by atoms with E-state index in [9.17, 15) is 0 Å². The van der Waals surface area contributed by atoms with Crippen LogP contribution in [0.5, 0.6) is 0 Å². The number of unbranched alkanes of at least 4 members (excludes halogenated alkanes) is 1. The van der Waals surface area contributed by atoms with E-state index in [0.29, 0.717) is 0 Å². The minimum absolute atomic E-state index is 0.841. The number of hydrogen-bond donors (Lipinski definition) is 1. The number of nitrogens with two attached hydrogens (primary N) is 1. The predicted molar refractivity (Wildman–Crippen MR) is 81.6 cm³/mol. The summed E-state index contributed by atoms with van der Waals surface area (Å²) in [6, 6.07) is 16.8. The maximum atomic E-state index is 5.67. The first-order valence-electron chi connectivity index (χ1n) is 6.33. The molecule has 0 radical (unpaired) electrons. The molecule has 0 heterocycles. The molecule has 2 heteroatoms. The van der Waals surface area contributed by atoms with E-state index >= 15 is 0 Å². The minimum Gasteiger partial charge on any atom is -0.399 e. The zero-order chi connectivity index (χ0) is 12.8. The van der Waals surface area contributed by atoms with Crippen LogP contribution >= 0.6 is 15.9 Å². The molecule has 2 aromatic carbocycles. The van der Waals surface area contributed by atoms with Gasteiger partial charge in [-0.3, -0.25) is 0 Å². The summed E-state index contributed by atoms with van der Waals surface area (Å²) in [5.41, 5.74) is 9.29. The van der Waals surface area contributed by atoms with Crippen molar-refractivity contribution in [2.75, 3.05) is 5.73 Å². The van der Waals surface area contributed by atoms with Gasteiger partial charge in [0, 0.05) is 10.2 Å². The molecule has 0 amide bonds. The van der Waals surface area contributed by atoms with Crippen LogP contribution in [0.1, 0.15) is 24.0 Å². The molecule has 0 aliphatic rings. The number of aryl methyl sites for hydroxylation is 2. The van der Waals surface area contributed by atoms with Gasteiger partial charge in [-0.05, 0) is 61.1 Å². The molecule has 2 aromatic rings. The summed E-state index contributed by atoms with van der Waals surface area (Å²) in [5, 5.41) is 0. The Bertz CT molecular complexity index is 426. The van der Waals surface area contributed by atoms with E-state index in [1.165, 1.54) is 24.0 Å². The molecule has 18 heavy (non-hydrogen) atoms. The molecule has 0 aliphatic heterocycles. The average Bonchev–Trinajstić information content (AvgIpc) is 2.39. The zero-order valence-corrected chi connectivity index (χ0v) is 12.0. The lowest BCUT2D eigenvalue weighted by atomic mass is 10.0. The third kappa shape index (κ3) is 4.19. The van der Waals surface area contributed by atoms with Gasteiger partial charge in [0.15, 0.2) is 0 Å². The molecule has 1 nitrogen and oxygen atoms in total. The lowest BCUT2D eigenvalue weighted by Gasteiger charge is -2.03. The van der Waals surface area contributed by atoms with Crippen molar-refractivity contribution in [3.05, 3.63) is 64.1 Å². The number of rotatable bonds is 5. The van der Waals surface area contributed by atoms with Crippen molar-refractivity contribution in [2.45, 2.75) is 25.7 Å². The predicted octanol–water partition coefficient (Wildman–Crippen LogP) is 4.60. The fourth-order valence-corrected chi connectivity index (χ4v) is 2.26. The number of hydrogen-bond acceptors (Lipinski definition) is 1. The quantitative estimate of drug-likeness (QED) is 0.634. The molecule has 0 saturated heterocycles. The van der Waals surface area contributed by atoms with Crippen LogP contribution in [0, 0.1) is 0 Å². The van der Waals surface area contributed by atoms with Crippen LogP contribution in [0.3, 0.4) is 0 Å². The lowest BCUT2D eigenvalue weighted by Crippen LogP contribution is -1.90. The highest BCUT2D eigenvalue weighted by Crippen LogP contribution is 2.14. The van der Waals surface area contributed by atoms with Gasteiger partial charge in [0.2, 0.25) is 0 Å². The van der Waals surface area contributed by atoms with Crippen molar-refractivity contribution < 1.29 is 0 Å². The molecule has 0 saturated carbocycles. The number of anilines is 1.